The molecule has 4 rings (SSSR count). The molecule has 0 aromatic heterocycles. The largest absolute Gasteiger partial charge is 0.273 e. The monoisotopic (exact) mass is 565 g/mol. The quantitative estimate of drug-likeness (QED) is 0.129. The molecular weight excluding hydrogens is 520 g/mol. The summed E-state index contributed by atoms with van der Waals surface area (Å²) in [6, 6.07) is 29.2. The predicted octanol–water partition coefficient (Wildman–Crippen LogP) is 10.6. The molecule has 3 aromatic rings. The minimum absolute atomic E-state index is 0.0954. The van der Waals surface area contributed by atoms with Crippen LogP contribution in [-0.2, 0) is 25.4 Å². The van der Waals surface area contributed by atoms with Crippen LogP contribution in [0.5, 0.6) is 5.75 Å². The maximum absolute atomic E-state index is 6.47. The Morgan fingerprint density at radius 2 is 1.35 bits per heavy atom. The fourth-order valence-electron chi connectivity index (χ4n) is 3.75. The van der Waals surface area contributed by atoms with E-state index in [2.05, 4.69) is 148 Å². The Labute approximate surface area is 255 Å². The van der Waals surface area contributed by atoms with Crippen LogP contribution in [-0.4, -0.2) is 3.81 Å². The van der Waals surface area contributed by atoms with Gasteiger partial charge in [0.2, 0.25) is 0 Å². The second kappa shape index (κ2) is 16.3. The van der Waals surface area contributed by atoms with E-state index >= 15 is 0 Å². The zero-order valence-corrected chi connectivity index (χ0v) is 27.1. The van der Waals surface area contributed by atoms with Crippen LogP contribution in [0.15, 0.2) is 115 Å². The first-order chi connectivity index (χ1) is 18.9. The molecule has 0 atom stereocenters. The van der Waals surface area contributed by atoms with Gasteiger partial charge in [0.15, 0.2) is 0 Å². The molecule has 40 heavy (non-hydrogen) atoms. The first-order valence-electron chi connectivity index (χ1n) is 13.9. The van der Waals surface area contributed by atoms with Crippen molar-refractivity contribution in [2.24, 2.45) is 5.41 Å². The van der Waals surface area contributed by atoms with E-state index in [-0.39, 0.29) is 10.8 Å². The van der Waals surface area contributed by atoms with Gasteiger partial charge in [-0.3, -0.25) is 6.08 Å². The molecule has 0 bridgehead atoms. The number of ether oxygens (including phenoxy) is 1. The molecule has 0 spiro atoms. The fraction of sp³-hybridized carbons (Fsp3) is 0.289. The minimum atomic E-state index is -0.0954. The molecule has 0 unspecified atom stereocenters. The molecule has 1 aliphatic rings. The number of rotatable bonds is 5. The van der Waals surface area contributed by atoms with Crippen LogP contribution in [0.4, 0.5) is 0 Å². The molecule has 0 saturated heterocycles. The molecule has 0 saturated carbocycles. The van der Waals surface area contributed by atoms with E-state index in [4.69, 9.17) is 4.74 Å². The maximum atomic E-state index is 6.47. The first-order valence-corrected chi connectivity index (χ1v) is 14.7. The zero-order valence-electron chi connectivity index (χ0n) is 25.6. The van der Waals surface area contributed by atoms with E-state index in [9.17, 15) is 0 Å². The van der Waals surface area contributed by atoms with Gasteiger partial charge in [0.05, 0.1) is 0 Å². The SMILES string of the molecule is CC(C)(C)C(C=Cc1ccc(C(C)(C)C)cc1)=C(Oc1ccccc1)c1ccccc1.C[C](C)=[Ti+].[C-]1=CC=CC1. The third-order valence-corrected chi connectivity index (χ3v) is 5.86. The van der Waals surface area contributed by atoms with Crippen LogP contribution in [0, 0.1) is 11.5 Å². The summed E-state index contributed by atoms with van der Waals surface area (Å²) in [5.74, 6) is 1.73. The van der Waals surface area contributed by atoms with Crippen LogP contribution >= 0.6 is 0 Å². The Balaban J connectivity index is 0.000000532. The van der Waals surface area contributed by atoms with Gasteiger partial charge < -0.3 is 4.74 Å². The summed E-state index contributed by atoms with van der Waals surface area (Å²) in [7, 11) is 0. The molecule has 3 aromatic carbocycles. The van der Waals surface area contributed by atoms with Crippen LogP contribution in [0.25, 0.3) is 11.8 Å². The third kappa shape index (κ3) is 12.5. The summed E-state index contributed by atoms with van der Waals surface area (Å²) >= 11 is 2.08. The summed E-state index contributed by atoms with van der Waals surface area (Å²) in [4.78, 5) is 0. The second-order valence-corrected chi connectivity index (χ2v) is 13.5. The predicted molar refractivity (Wildman–Crippen MR) is 172 cm³/mol. The van der Waals surface area contributed by atoms with Crippen molar-refractivity contribution in [3.8, 4) is 5.75 Å². The molecular formula is C38H45OTi. The zero-order chi connectivity index (χ0) is 29.6. The van der Waals surface area contributed by atoms with E-state index in [1.807, 2.05) is 48.6 Å². The van der Waals surface area contributed by atoms with E-state index in [0.717, 1.165) is 29.1 Å². The number of hydrogen-bond donors (Lipinski definition) is 0. The van der Waals surface area contributed by atoms with Crippen LogP contribution in [0.1, 0.15) is 78.5 Å². The summed E-state index contributed by atoms with van der Waals surface area (Å²) in [6.07, 6.45) is 14.4. The Kier molecular flexibility index (Phi) is 13.5. The Morgan fingerprint density at radius 3 is 1.77 bits per heavy atom. The number of allylic oxidation sites excluding steroid dienone is 6. The Morgan fingerprint density at radius 1 is 0.800 bits per heavy atom. The van der Waals surface area contributed by atoms with Gasteiger partial charge in [-0.1, -0.05) is 126 Å². The summed E-state index contributed by atoms with van der Waals surface area (Å²) in [5.41, 5.74) is 4.81. The first kappa shape index (κ1) is 33.2. The summed E-state index contributed by atoms with van der Waals surface area (Å²) in [5, 5.41) is 0. The van der Waals surface area contributed by atoms with E-state index in [0.29, 0.717) is 0 Å². The fourth-order valence-corrected chi connectivity index (χ4v) is 3.75. The van der Waals surface area contributed by atoms with Gasteiger partial charge in [0.1, 0.15) is 11.5 Å². The van der Waals surface area contributed by atoms with E-state index in [1.54, 1.807) is 0 Å². The van der Waals surface area contributed by atoms with Crippen LogP contribution < -0.4 is 4.74 Å². The van der Waals surface area contributed by atoms with E-state index < -0.39 is 0 Å². The smallest absolute Gasteiger partial charge is 0.109 e. The van der Waals surface area contributed by atoms with Crippen molar-refractivity contribution in [2.45, 2.75) is 67.2 Å². The van der Waals surface area contributed by atoms with Gasteiger partial charge in [0, 0.05) is 11.1 Å². The molecule has 0 N–H and O–H groups in total. The van der Waals surface area contributed by atoms with Crippen molar-refractivity contribution in [1.82, 2.24) is 0 Å². The average molecular weight is 566 g/mol. The molecule has 207 valence electrons. The van der Waals surface area contributed by atoms with Crippen molar-refractivity contribution >= 4 is 15.6 Å². The van der Waals surface area contributed by atoms with Gasteiger partial charge in [0.25, 0.3) is 0 Å². The number of hydrogen-bond acceptors (Lipinski definition) is 1. The van der Waals surface area contributed by atoms with Gasteiger partial charge in [-0.05, 0) is 34.1 Å². The van der Waals surface area contributed by atoms with Crippen LogP contribution in [0.3, 0.4) is 0 Å². The molecule has 1 nitrogen and oxygen atoms in total. The van der Waals surface area contributed by atoms with Crippen molar-refractivity contribution in [2.75, 3.05) is 0 Å². The summed E-state index contributed by atoms with van der Waals surface area (Å²) in [6.45, 7) is 17.6. The van der Waals surface area contributed by atoms with Crippen molar-refractivity contribution in [3.63, 3.8) is 0 Å². The average Bonchev–Trinajstić information content (AvgIpc) is 3.49. The van der Waals surface area contributed by atoms with Gasteiger partial charge >= 0.3 is 37.6 Å². The van der Waals surface area contributed by atoms with Gasteiger partial charge in [-0.2, -0.15) is 6.08 Å². The minimum Gasteiger partial charge on any atom is -0.273 e. The molecule has 0 fully saturated rings. The van der Waals surface area contributed by atoms with Crippen LogP contribution in [0.2, 0.25) is 0 Å². The third-order valence-electron chi connectivity index (χ3n) is 5.86. The maximum Gasteiger partial charge on any atom is -0.109 e. The molecule has 2 heteroatoms. The topological polar surface area (TPSA) is 9.23 Å². The molecule has 0 heterocycles. The molecule has 0 amide bonds. The number of benzene rings is 3. The second-order valence-electron chi connectivity index (χ2n) is 12.0. The molecule has 0 radical (unpaired) electrons. The summed E-state index contributed by atoms with van der Waals surface area (Å²) < 4.78 is 7.89. The standard InChI is InChI=1S/C30H34O.C5H5.C3H6.Ti/c1-29(2,3)25-20-17-23(18-21-25)19-22-27(30(4,5)6)28(24-13-9-7-10-14-24)31-26-15-11-8-12-16-26;1-2-4-5-3-1;1-3-2;/h7-22H,1-6H3;1-3H,4H2;1-2H3;/q;-1;;+1. The van der Waals surface area contributed by atoms with Gasteiger partial charge in [-0.15, -0.1) is 6.42 Å². The molecule has 1 aliphatic carbocycles. The van der Waals surface area contributed by atoms with Crippen molar-refractivity contribution < 1.29 is 24.7 Å². The molecule has 0 aliphatic heterocycles. The Hall–Kier alpha value is -3.00. The van der Waals surface area contributed by atoms with Crippen molar-refractivity contribution in [1.29, 1.82) is 0 Å². The van der Waals surface area contributed by atoms with Gasteiger partial charge in [-0.25, -0.2) is 12.2 Å². The van der Waals surface area contributed by atoms with E-state index in [1.165, 1.54) is 14.9 Å². The number of para-hydroxylation sites is 1. The van der Waals surface area contributed by atoms with Crippen molar-refractivity contribution in [3.05, 3.63) is 138 Å². The normalized spacial score (nSPS) is 13.2. The Bertz CT molecular complexity index is 1280.